The highest BCUT2D eigenvalue weighted by molar-refractivity contribution is 7.17. The fourth-order valence-corrected chi connectivity index (χ4v) is 4.92. The molecule has 2 aromatic rings. The van der Waals surface area contributed by atoms with Crippen molar-refractivity contribution in [3.63, 3.8) is 0 Å². The molecule has 1 aliphatic carbocycles. The lowest BCUT2D eigenvalue weighted by Gasteiger charge is -2.33. The number of primary amides is 1. The molecule has 1 atom stereocenters. The number of amides is 2. The Bertz CT molecular complexity index is 863. The van der Waals surface area contributed by atoms with Crippen molar-refractivity contribution < 1.29 is 14.3 Å². The lowest BCUT2D eigenvalue weighted by Crippen LogP contribution is -2.27. The largest absolute Gasteiger partial charge is 0.497 e. The second-order valence-electron chi connectivity index (χ2n) is 8.06. The van der Waals surface area contributed by atoms with Gasteiger partial charge in [0.05, 0.1) is 12.7 Å². The van der Waals surface area contributed by atoms with Gasteiger partial charge in [-0.25, -0.2) is 0 Å². The topological polar surface area (TPSA) is 81.4 Å². The predicted molar refractivity (Wildman–Crippen MR) is 109 cm³/mol. The number of carbonyl (C=O) groups is 2. The van der Waals surface area contributed by atoms with Crippen LogP contribution in [0.25, 0.3) is 0 Å². The van der Waals surface area contributed by atoms with E-state index in [9.17, 15) is 9.59 Å². The Balaban J connectivity index is 1.88. The summed E-state index contributed by atoms with van der Waals surface area (Å²) in [6, 6.07) is 6.86. The number of hydrogen-bond acceptors (Lipinski definition) is 4. The SMILES string of the molecule is COc1ccc(C(=O)Nc2sc3c(c2C(N)=O)CC[C@H](C(C)(C)C)C3)cc1. The van der Waals surface area contributed by atoms with Gasteiger partial charge in [-0.1, -0.05) is 20.8 Å². The Morgan fingerprint density at radius 3 is 2.44 bits per heavy atom. The molecule has 6 heteroatoms. The van der Waals surface area contributed by atoms with Crippen molar-refractivity contribution in [2.75, 3.05) is 12.4 Å². The summed E-state index contributed by atoms with van der Waals surface area (Å²) in [4.78, 5) is 25.9. The van der Waals surface area contributed by atoms with Gasteiger partial charge in [0, 0.05) is 10.4 Å². The summed E-state index contributed by atoms with van der Waals surface area (Å²) >= 11 is 1.48. The van der Waals surface area contributed by atoms with Gasteiger partial charge in [0.25, 0.3) is 11.8 Å². The Hall–Kier alpha value is -2.34. The van der Waals surface area contributed by atoms with Gasteiger partial charge in [-0.3, -0.25) is 9.59 Å². The summed E-state index contributed by atoms with van der Waals surface area (Å²) in [6.45, 7) is 6.74. The van der Waals surface area contributed by atoms with E-state index in [0.717, 1.165) is 24.8 Å². The van der Waals surface area contributed by atoms with E-state index in [1.165, 1.54) is 16.2 Å². The average Bonchev–Trinajstić information content (AvgIpc) is 2.98. The highest BCUT2D eigenvalue weighted by Gasteiger charge is 2.33. The number of thiophene rings is 1. The summed E-state index contributed by atoms with van der Waals surface area (Å²) in [6.07, 6.45) is 2.77. The van der Waals surface area contributed by atoms with Crippen molar-refractivity contribution >= 4 is 28.2 Å². The van der Waals surface area contributed by atoms with Crippen molar-refractivity contribution in [2.24, 2.45) is 17.1 Å². The Morgan fingerprint density at radius 2 is 1.89 bits per heavy atom. The summed E-state index contributed by atoms with van der Waals surface area (Å²) < 4.78 is 5.12. The number of rotatable bonds is 4. The van der Waals surface area contributed by atoms with Crippen LogP contribution in [0.3, 0.4) is 0 Å². The summed E-state index contributed by atoms with van der Waals surface area (Å²) in [7, 11) is 1.58. The van der Waals surface area contributed by atoms with E-state index in [1.54, 1.807) is 31.4 Å². The second kappa shape index (κ2) is 7.35. The number of hydrogen-bond donors (Lipinski definition) is 2. The van der Waals surface area contributed by atoms with E-state index in [-0.39, 0.29) is 11.3 Å². The van der Waals surface area contributed by atoms with Crippen LogP contribution in [0.2, 0.25) is 0 Å². The smallest absolute Gasteiger partial charge is 0.256 e. The maximum atomic E-state index is 12.6. The summed E-state index contributed by atoms with van der Waals surface area (Å²) in [5.74, 6) is 0.497. The molecule has 0 bridgehead atoms. The lowest BCUT2D eigenvalue weighted by atomic mass is 9.72. The first-order valence-corrected chi connectivity index (χ1v) is 9.92. The van der Waals surface area contributed by atoms with Crippen LogP contribution in [0.4, 0.5) is 5.00 Å². The van der Waals surface area contributed by atoms with Gasteiger partial charge in [0.15, 0.2) is 0 Å². The molecule has 27 heavy (non-hydrogen) atoms. The maximum Gasteiger partial charge on any atom is 0.256 e. The number of fused-ring (bicyclic) bond motifs is 1. The molecule has 0 spiro atoms. The van der Waals surface area contributed by atoms with Gasteiger partial charge in [-0.2, -0.15) is 0 Å². The molecule has 1 heterocycles. The molecule has 0 fully saturated rings. The van der Waals surface area contributed by atoms with Crippen molar-refractivity contribution in [1.82, 2.24) is 0 Å². The Morgan fingerprint density at radius 1 is 1.22 bits per heavy atom. The predicted octanol–water partition coefficient (Wildman–Crippen LogP) is 4.26. The van der Waals surface area contributed by atoms with Crippen molar-refractivity contribution in [3.8, 4) is 5.75 Å². The number of anilines is 1. The minimum Gasteiger partial charge on any atom is -0.497 e. The van der Waals surface area contributed by atoms with E-state index in [0.29, 0.717) is 27.8 Å². The molecule has 1 aliphatic rings. The van der Waals surface area contributed by atoms with Gasteiger partial charge < -0.3 is 15.8 Å². The first kappa shape index (κ1) is 19.4. The number of nitrogens with one attached hydrogen (secondary N) is 1. The van der Waals surface area contributed by atoms with Crippen LogP contribution in [0.5, 0.6) is 5.75 Å². The van der Waals surface area contributed by atoms with Crippen LogP contribution in [0.15, 0.2) is 24.3 Å². The van der Waals surface area contributed by atoms with Gasteiger partial charge in [-0.05, 0) is 60.4 Å². The first-order chi connectivity index (χ1) is 12.7. The van der Waals surface area contributed by atoms with Crippen molar-refractivity contribution in [3.05, 3.63) is 45.8 Å². The monoisotopic (exact) mass is 386 g/mol. The molecule has 0 saturated heterocycles. The van der Waals surface area contributed by atoms with E-state index >= 15 is 0 Å². The van der Waals surface area contributed by atoms with Crippen molar-refractivity contribution in [2.45, 2.75) is 40.0 Å². The van der Waals surface area contributed by atoms with Gasteiger partial charge in [0.2, 0.25) is 0 Å². The molecule has 2 amide bonds. The molecular weight excluding hydrogens is 360 g/mol. The highest BCUT2D eigenvalue weighted by atomic mass is 32.1. The first-order valence-electron chi connectivity index (χ1n) is 9.10. The minimum absolute atomic E-state index is 0.209. The minimum atomic E-state index is -0.480. The quantitative estimate of drug-likeness (QED) is 0.824. The zero-order valence-corrected chi connectivity index (χ0v) is 17.0. The molecule has 0 unspecified atom stereocenters. The van der Waals surface area contributed by atoms with E-state index in [2.05, 4.69) is 26.1 Å². The molecule has 0 aliphatic heterocycles. The fraction of sp³-hybridized carbons (Fsp3) is 0.429. The lowest BCUT2D eigenvalue weighted by molar-refractivity contribution is 0.1000. The molecule has 3 N–H and O–H groups in total. The third-order valence-electron chi connectivity index (χ3n) is 5.32. The van der Waals surface area contributed by atoms with Crippen LogP contribution in [-0.4, -0.2) is 18.9 Å². The van der Waals surface area contributed by atoms with E-state index < -0.39 is 5.91 Å². The van der Waals surface area contributed by atoms with E-state index in [1.807, 2.05) is 0 Å². The zero-order valence-electron chi connectivity index (χ0n) is 16.2. The Labute approximate surface area is 163 Å². The molecule has 0 saturated carbocycles. The van der Waals surface area contributed by atoms with Crippen LogP contribution < -0.4 is 15.8 Å². The molecule has 1 aromatic carbocycles. The molecule has 0 radical (unpaired) electrons. The van der Waals surface area contributed by atoms with Crippen molar-refractivity contribution in [1.29, 1.82) is 0 Å². The van der Waals surface area contributed by atoms with Gasteiger partial charge in [-0.15, -0.1) is 11.3 Å². The third kappa shape index (κ3) is 4.00. The van der Waals surface area contributed by atoms with Crippen LogP contribution >= 0.6 is 11.3 Å². The third-order valence-corrected chi connectivity index (χ3v) is 6.49. The number of ether oxygens (including phenoxy) is 1. The molecule has 1 aromatic heterocycles. The number of carbonyl (C=O) groups excluding carboxylic acids is 2. The zero-order chi connectivity index (χ0) is 19.8. The fourth-order valence-electron chi connectivity index (χ4n) is 3.59. The highest BCUT2D eigenvalue weighted by Crippen LogP contribution is 2.44. The van der Waals surface area contributed by atoms with Crippen LogP contribution in [-0.2, 0) is 12.8 Å². The summed E-state index contributed by atoms with van der Waals surface area (Å²) in [5, 5.41) is 3.45. The number of methoxy groups -OCH3 is 1. The number of benzene rings is 1. The number of nitrogens with two attached hydrogens (primary N) is 1. The van der Waals surface area contributed by atoms with Crippen LogP contribution in [0.1, 0.15) is 58.3 Å². The van der Waals surface area contributed by atoms with Gasteiger partial charge >= 0.3 is 0 Å². The second-order valence-corrected chi connectivity index (χ2v) is 9.17. The normalized spacial score (nSPS) is 16.5. The molecule has 5 nitrogen and oxygen atoms in total. The van der Waals surface area contributed by atoms with Gasteiger partial charge in [0.1, 0.15) is 10.8 Å². The Kier molecular flexibility index (Phi) is 5.29. The molecule has 3 rings (SSSR count). The van der Waals surface area contributed by atoms with Crippen LogP contribution in [0, 0.1) is 11.3 Å². The average molecular weight is 387 g/mol. The molecular formula is C21H26N2O3S. The maximum absolute atomic E-state index is 12.6. The molecule has 144 valence electrons. The standard InChI is InChI=1S/C21H26N2O3S/c1-21(2,3)13-7-10-15-16(11-13)27-20(17(15)18(22)24)23-19(25)12-5-8-14(26-4)9-6-12/h5-6,8-9,13H,7,10-11H2,1-4H3,(H2,22,24)(H,23,25)/t13-/m0/s1. The summed E-state index contributed by atoms with van der Waals surface area (Å²) in [5.41, 5.74) is 7.86. The van der Waals surface area contributed by atoms with E-state index in [4.69, 9.17) is 10.5 Å².